The first kappa shape index (κ1) is 17.6. The minimum atomic E-state index is -0.258. The number of amides is 1. The normalized spacial score (nSPS) is 15.2. The maximum Gasteiger partial charge on any atom is 0.245 e. The Morgan fingerprint density at radius 3 is 2.85 bits per heavy atom. The summed E-state index contributed by atoms with van der Waals surface area (Å²) in [6.07, 6.45) is 4.52. The van der Waals surface area contributed by atoms with Crippen LogP contribution < -0.4 is 4.74 Å². The van der Waals surface area contributed by atoms with E-state index in [2.05, 4.69) is 29.9 Å². The average Bonchev–Trinajstić information content (AvgIpc) is 3.30. The molecular formula is C21H26N4O2. The third-order valence-electron chi connectivity index (χ3n) is 5.48. The van der Waals surface area contributed by atoms with Gasteiger partial charge in [0.1, 0.15) is 17.6 Å². The third-order valence-corrected chi connectivity index (χ3v) is 5.48. The molecule has 1 N–H and O–H groups in total. The van der Waals surface area contributed by atoms with E-state index >= 15 is 0 Å². The fourth-order valence-corrected chi connectivity index (χ4v) is 3.99. The molecule has 2 aromatic heterocycles. The number of fused-ring (bicyclic) bond motifs is 3. The number of aromatic nitrogens is 3. The number of imidazole rings is 1. The van der Waals surface area contributed by atoms with E-state index < -0.39 is 0 Å². The van der Waals surface area contributed by atoms with Crippen molar-refractivity contribution in [2.75, 3.05) is 13.7 Å². The van der Waals surface area contributed by atoms with Gasteiger partial charge in [-0.15, -0.1) is 0 Å². The van der Waals surface area contributed by atoms with Gasteiger partial charge in [0.15, 0.2) is 0 Å². The standard InChI is InChI=1S/C21H26N4O2/c1-13(2)20-22-8-10-25(20)14(3)21(26)24-9-7-19-17(12-24)16-11-15(27-4)5-6-18(16)23-19/h5-6,8,10-11,13-14,23H,7,9,12H2,1-4H3/t14-/m1/s1. The van der Waals surface area contributed by atoms with Crippen LogP contribution in [0.2, 0.25) is 0 Å². The summed E-state index contributed by atoms with van der Waals surface area (Å²) < 4.78 is 7.38. The molecule has 0 radical (unpaired) electrons. The van der Waals surface area contributed by atoms with E-state index in [1.54, 1.807) is 13.3 Å². The Balaban J connectivity index is 1.62. The van der Waals surface area contributed by atoms with Crippen LogP contribution >= 0.6 is 0 Å². The van der Waals surface area contributed by atoms with Crippen molar-refractivity contribution in [3.05, 3.63) is 47.7 Å². The summed E-state index contributed by atoms with van der Waals surface area (Å²) in [7, 11) is 1.68. The summed E-state index contributed by atoms with van der Waals surface area (Å²) in [6.45, 7) is 7.51. The van der Waals surface area contributed by atoms with Crippen LogP contribution in [0.5, 0.6) is 5.75 Å². The van der Waals surface area contributed by atoms with E-state index in [1.165, 1.54) is 11.3 Å². The van der Waals surface area contributed by atoms with Crippen molar-refractivity contribution in [1.82, 2.24) is 19.4 Å². The molecule has 6 nitrogen and oxygen atoms in total. The number of hydrogen-bond donors (Lipinski definition) is 1. The van der Waals surface area contributed by atoms with Crippen molar-refractivity contribution in [1.29, 1.82) is 0 Å². The Kier molecular flexibility index (Phi) is 4.42. The molecule has 27 heavy (non-hydrogen) atoms. The lowest BCUT2D eigenvalue weighted by atomic mass is 10.0. The van der Waals surface area contributed by atoms with Crippen molar-refractivity contribution in [3.8, 4) is 5.75 Å². The molecule has 0 fully saturated rings. The van der Waals surface area contributed by atoms with Crippen LogP contribution in [0.4, 0.5) is 0 Å². The smallest absolute Gasteiger partial charge is 0.245 e. The van der Waals surface area contributed by atoms with E-state index in [9.17, 15) is 4.79 Å². The first-order valence-corrected chi connectivity index (χ1v) is 9.48. The molecule has 1 aliphatic heterocycles. The van der Waals surface area contributed by atoms with Crippen molar-refractivity contribution < 1.29 is 9.53 Å². The molecule has 1 atom stereocenters. The number of carbonyl (C=O) groups is 1. The molecule has 0 bridgehead atoms. The monoisotopic (exact) mass is 366 g/mol. The Labute approximate surface area is 159 Å². The van der Waals surface area contributed by atoms with Crippen LogP contribution in [0.25, 0.3) is 10.9 Å². The second-order valence-corrected chi connectivity index (χ2v) is 7.53. The zero-order chi connectivity index (χ0) is 19.1. The van der Waals surface area contributed by atoms with E-state index in [1.807, 2.05) is 34.7 Å². The van der Waals surface area contributed by atoms with Crippen molar-refractivity contribution in [3.63, 3.8) is 0 Å². The van der Waals surface area contributed by atoms with Gasteiger partial charge in [-0.25, -0.2) is 4.98 Å². The van der Waals surface area contributed by atoms with Gasteiger partial charge in [0.05, 0.1) is 7.11 Å². The molecule has 3 heterocycles. The molecule has 0 saturated carbocycles. The number of ether oxygens (including phenoxy) is 1. The molecule has 142 valence electrons. The minimum absolute atomic E-state index is 0.137. The summed E-state index contributed by atoms with van der Waals surface area (Å²) >= 11 is 0. The zero-order valence-corrected chi connectivity index (χ0v) is 16.3. The molecular weight excluding hydrogens is 340 g/mol. The van der Waals surface area contributed by atoms with Gasteiger partial charge in [-0.05, 0) is 25.1 Å². The SMILES string of the molecule is COc1ccc2[nH]c3c(c2c1)CN(C(=O)[C@@H](C)n1ccnc1C(C)C)CC3. The summed E-state index contributed by atoms with van der Waals surface area (Å²) in [5, 5.41) is 1.14. The Bertz CT molecular complexity index is 985. The largest absolute Gasteiger partial charge is 0.497 e. The quantitative estimate of drug-likeness (QED) is 0.767. The van der Waals surface area contributed by atoms with Gasteiger partial charge in [0.2, 0.25) is 5.91 Å². The molecule has 6 heteroatoms. The fraction of sp³-hybridized carbons (Fsp3) is 0.429. The lowest BCUT2D eigenvalue weighted by Crippen LogP contribution is -2.40. The second-order valence-electron chi connectivity index (χ2n) is 7.53. The molecule has 1 aromatic carbocycles. The highest BCUT2D eigenvalue weighted by molar-refractivity contribution is 5.87. The van der Waals surface area contributed by atoms with Crippen LogP contribution in [0.3, 0.4) is 0 Å². The Morgan fingerprint density at radius 1 is 1.30 bits per heavy atom. The van der Waals surface area contributed by atoms with E-state index in [4.69, 9.17) is 4.74 Å². The van der Waals surface area contributed by atoms with Crippen LogP contribution in [0, 0.1) is 0 Å². The summed E-state index contributed by atoms with van der Waals surface area (Å²) in [4.78, 5) is 23.1. The molecule has 0 aliphatic carbocycles. The molecule has 0 saturated heterocycles. The highest BCUT2D eigenvalue weighted by atomic mass is 16.5. The van der Waals surface area contributed by atoms with E-state index in [0.717, 1.165) is 35.4 Å². The molecule has 1 aliphatic rings. The van der Waals surface area contributed by atoms with Gasteiger partial charge >= 0.3 is 0 Å². The van der Waals surface area contributed by atoms with Gasteiger partial charge in [-0.3, -0.25) is 4.79 Å². The fourth-order valence-electron chi connectivity index (χ4n) is 3.99. The van der Waals surface area contributed by atoms with Crippen LogP contribution in [0.15, 0.2) is 30.6 Å². The summed E-state index contributed by atoms with van der Waals surface area (Å²) in [5.74, 6) is 2.20. The van der Waals surface area contributed by atoms with Gasteiger partial charge in [0.25, 0.3) is 0 Å². The Hall–Kier alpha value is -2.76. The topological polar surface area (TPSA) is 63.1 Å². The first-order chi connectivity index (χ1) is 13.0. The number of methoxy groups -OCH3 is 1. The molecule has 4 rings (SSSR count). The van der Waals surface area contributed by atoms with Gasteiger partial charge in [-0.2, -0.15) is 0 Å². The number of aromatic amines is 1. The predicted molar refractivity (Wildman–Crippen MR) is 105 cm³/mol. The number of nitrogens with one attached hydrogen (secondary N) is 1. The average molecular weight is 366 g/mol. The van der Waals surface area contributed by atoms with Gasteiger partial charge in [-0.1, -0.05) is 13.8 Å². The maximum absolute atomic E-state index is 13.2. The van der Waals surface area contributed by atoms with E-state index in [0.29, 0.717) is 6.54 Å². The number of benzene rings is 1. The van der Waals surface area contributed by atoms with Crippen molar-refractivity contribution in [2.45, 2.75) is 45.7 Å². The van der Waals surface area contributed by atoms with Gasteiger partial charge in [0, 0.05) is 60.0 Å². The molecule has 3 aromatic rings. The predicted octanol–water partition coefficient (Wildman–Crippen LogP) is 3.64. The van der Waals surface area contributed by atoms with Crippen molar-refractivity contribution in [2.24, 2.45) is 0 Å². The van der Waals surface area contributed by atoms with Crippen molar-refractivity contribution >= 4 is 16.8 Å². The third kappa shape index (κ3) is 2.99. The highest BCUT2D eigenvalue weighted by Gasteiger charge is 2.29. The number of carbonyl (C=O) groups excluding carboxylic acids is 1. The number of nitrogens with zero attached hydrogens (tertiary/aromatic N) is 3. The van der Waals surface area contributed by atoms with E-state index in [-0.39, 0.29) is 17.9 Å². The van der Waals surface area contributed by atoms with Gasteiger partial charge < -0.3 is 19.2 Å². The Morgan fingerprint density at radius 2 is 2.11 bits per heavy atom. The van der Waals surface area contributed by atoms with Crippen LogP contribution in [-0.4, -0.2) is 39.0 Å². The number of rotatable bonds is 4. The van der Waals surface area contributed by atoms with Crippen LogP contribution in [0.1, 0.15) is 49.8 Å². The minimum Gasteiger partial charge on any atom is -0.497 e. The number of hydrogen-bond acceptors (Lipinski definition) is 3. The second kappa shape index (κ2) is 6.76. The summed E-state index contributed by atoms with van der Waals surface area (Å²) in [6, 6.07) is 5.80. The molecule has 0 unspecified atom stereocenters. The summed E-state index contributed by atoms with van der Waals surface area (Å²) in [5.41, 5.74) is 3.52. The molecule has 0 spiro atoms. The number of H-pyrrole nitrogens is 1. The lowest BCUT2D eigenvalue weighted by molar-refractivity contribution is -0.135. The molecule has 1 amide bonds. The highest BCUT2D eigenvalue weighted by Crippen LogP contribution is 2.31. The van der Waals surface area contributed by atoms with Crippen LogP contribution in [-0.2, 0) is 17.8 Å². The zero-order valence-electron chi connectivity index (χ0n) is 16.3. The lowest BCUT2D eigenvalue weighted by Gasteiger charge is -2.30. The first-order valence-electron chi connectivity index (χ1n) is 9.48. The maximum atomic E-state index is 13.2.